The predicted octanol–water partition coefficient (Wildman–Crippen LogP) is 6.72. The van der Waals surface area contributed by atoms with Crippen LogP contribution in [-0.4, -0.2) is 16.4 Å². The summed E-state index contributed by atoms with van der Waals surface area (Å²) in [4.78, 5) is 0. The van der Waals surface area contributed by atoms with Crippen LogP contribution in [0.5, 0.6) is 0 Å². The zero-order valence-electron chi connectivity index (χ0n) is 17.8. The van der Waals surface area contributed by atoms with E-state index in [1.807, 2.05) is 12.3 Å². The minimum atomic E-state index is -1.85. The van der Waals surface area contributed by atoms with Crippen LogP contribution in [0.25, 0.3) is 6.08 Å². The zero-order valence-corrected chi connectivity index (χ0v) is 19.8. The minimum Gasteiger partial charge on any atom is -0.473 e. The van der Waals surface area contributed by atoms with Crippen molar-refractivity contribution in [2.24, 2.45) is 0 Å². The maximum absolute atomic E-state index is 6.69. The summed E-state index contributed by atoms with van der Waals surface area (Å²) in [6.45, 7) is 29.4. The average Bonchev–Trinajstić information content (AvgIpc) is 2.79. The van der Waals surface area contributed by atoms with Crippen LogP contribution < -0.4 is 5.38 Å². The second-order valence-electron chi connectivity index (χ2n) is 10.0. The highest BCUT2D eigenvalue weighted by atomic mass is 28.4. The van der Waals surface area contributed by atoms with Gasteiger partial charge in [0.2, 0.25) is 0 Å². The lowest BCUT2D eigenvalue weighted by Crippen LogP contribution is -2.51. The lowest BCUT2D eigenvalue weighted by molar-refractivity contribution is 0.203. The van der Waals surface area contributed by atoms with Crippen LogP contribution in [0.1, 0.15) is 65.7 Å². The van der Waals surface area contributed by atoms with Crippen molar-refractivity contribution in [2.45, 2.75) is 90.8 Å². The Kier molecular flexibility index (Phi) is 5.91. The highest BCUT2D eigenvalue weighted by Gasteiger charge is 2.44. The number of rotatable bonds is 5. The monoisotopic (exact) mass is 366 g/mol. The van der Waals surface area contributed by atoms with Crippen molar-refractivity contribution >= 4 is 27.9 Å². The molecular weight excluding hydrogens is 328 g/mol. The molecule has 1 atom stereocenters. The van der Waals surface area contributed by atoms with E-state index in [0.29, 0.717) is 0 Å². The van der Waals surface area contributed by atoms with E-state index in [-0.39, 0.29) is 16.2 Å². The highest BCUT2D eigenvalue weighted by Crippen LogP contribution is 2.42. The number of hydrogen-bond donors (Lipinski definition) is 0. The van der Waals surface area contributed by atoms with Crippen LogP contribution in [-0.2, 0) is 4.43 Å². The van der Waals surface area contributed by atoms with E-state index in [0.717, 1.165) is 10.9 Å². The maximum atomic E-state index is 6.69. The molecule has 0 aliphatic rings. The molecule has 0 aliphatic heterocycles. The summed E-state index contributed by atoms with van der Waals surface area (Å²) in [5.74, 6) is 0. The Morgan fingerprint density at radius 2 is 1.54 bits per heavy atom. The molecule has 0 bridgehead atoms. The molecule has 0 fully saturated rings. The smallest absolute Gasteiger partial charge is 0.192 e. The number of furan rings is 1. The third-order valence-corrected chi connectivity index (χ3v) is 16.0. The topological polar surface area (TPSA) is 22.4 Å². The van der Waals surface area contributed by atoms with Crippen LogP contribution >= 0.6 is 0 Å². The summed E-state index contributed by atoms with van der Waals surface area (Å²) in [6, 6.07) is 0. The largest absolute Gasteiger partial charge is 0.473 e. The fraction of sp³-hybridized carbons (Fsp3) is 0.700. The van der Waals surface area contributed by atoms with E-state index in [4.69, 9.17) is 8.84 Å². The molecule has 4 heteroatoms. The first-order valence-corrected chi connectivity index (χ1v) is 14.9. The second kappa shape index (κ2) is 6.62. The molecule has 0 saturated carbocycles. The summed E-state index contributed by atoms with van der Waals surface area (Å²) in [5.41, 5.74) is 2.31. The van der Waals surface area contributed by atoms with Crippen molar-refractivity contribution in [3.8, 4) is 0 Å². The van der Waals surface area contributed by atoms with Gasteiger partial charge in [-0.15, -0.1) is 0 Å². The first kappa shape index (κ1) is 21.5. The van der Waals surface area contributed by atoms with Gasteiger partial charge in [-0.25, -0.2) is 0 Å². The molecule has 1 heterocycles. The summed E-state index contributed by atoms with van der Waals surface area (Å²) in [7, 11) is -3.63. The molecule has 0 amide bonds. The fourth-order valence-electron chi connectivity index (χ4n) is 2.46. The van der Waals surface area contributed by atoms with E-state index in [1.165, 1.54) is 5.56 Å². The van der Waals surface area contributed by atoms with Crippen LogP contribution in [0.4, 0.5) is 0 Å². The number of hydrogen-bond acceptors (Lipinski definition) is 2. The van der Waals surface area contributed by atoms with Crippen molar-refractivity contribution in [2.75, 3.05) is 0 Å². The Hall–Kier alpha value is -0.586. The van der Waals surface area contributed by atoms with Crippen molar-refractivity contribution in [1.29, 1.82) is 0 Å². The third-order valence-electron chi connectivity index (χ3n) is 6.21. The van der Waals surface area contributed by atoms with Gasteiger partial charge in [-0.1, -0.05) is 67.3 Å². The van der Waals surface area contributed by atoms with Gasteiger partial charge in [-0.2, -0.15) is 0 Å². The molecule has 0 saturated heterocycles. The summed E-state index contributed by atoms with van der Waals surface area (Å²) in [5, 5.41) is 1.57. The lowest BCUT2D eigenvalue weighted by Gasteiger charge is -2.40. The minimum absolute atomic E-state index is 0.0294. The van der Waals surface area contributed by atoms with E-state index < -0.39 is 16.4 Å². The molecule has 0 aliphatic carbocycles. The fourth-order valence-corrected chi connectivity index (χ4v) is 5.87. The van der Waals surface area contributed by atoms with Gasteiger partial charge in [0.05, 0.1) is 17.8 Å². The molecule has 1 aromatic heterocycles. The molecular formula is C20H38O2Si2. The molecule has 2 nitrogen and oxygen atoms in total. The van der Waals surface area contributed by atoms with Gasteiger partial charge in [0.25, 0.3) is 0 Å². The quantitative estimate of drug-likeness (QED) is 0.540. The summed E-state index contributed by atoms with van der Waals surface area (Å²) < 4.78 is 12.8. The molecule has 0 aromatic carbocycles. The normalized spacial score (nSPS) is 15.5. The van der Waals surface area contributed by atoms with Gasteiger partial charge in [0.1, 0.15) is 8.07 Å². The Morgan fingerprint density at radius 3 is 1.92 bits per heavy atom. The molecule has 0 radical (unpaired) electrons. The Morgan fingerprint density at radius 1 is 1.04 bits per heavy atom. The molecule has 1 rings (SSSR count). The van der Waals surface area contributed by atoms with Gasteiger partial charge >= 0.3 is 0 Å². The Bertz CT molecular complexity index is 584. The van der Waals surface area contributed by atoms with Crippen molar-refractivity contribution < 1.29 is 8.84 Å². The summed E-state index contributed by atoms with van der Waals surface area (Å²) in [6.07, 6.45) is 3.80. The first-order chi connectivity index (χ1) is 10.6. The van der Waals surface area contributed by atoms with Crippen LogP contribution in [0.3, 0.4) is 0 Å². The molecule has 0 spiro atoms. The SMILES string of the molecule is C=Cc1coc([Si](C)(C)C(C)(C)C)c1C(C)O[Si](C)(C)C(C)(C)C. The van der Waals surface area contributed by atoms with E-state index in [2.05, 4.69) is 81.2 Å². The highest BCUT2D eigenvalue weighted by molar-refractivity contribution is 6.91. The first-order valence-electron chi connectivity index (χ1n) is 8.98. The van der Waals surface area contributed by atoms with E-state index >= 15 is 0 Å². The van der Waals surface area contributed by atoms with E-state index in [9.17, 15) is 0 Å². The molecule has 1 unspecified atom stereocenters. The molecule has 24 heavy (non-hydrogen) atoms. The lowest BCUT2D eigenvalue weighted by atomic mass is 10.1. The zero-order chi connectivity index (χ0) is 19.1. The molecule has 1 aromatic rings. The van der Waals surface area contributed by atoms with Crippen LogP contribution in [0, 0.1) is 0 Å². The van der Waals surface area contributed by atoms with Crippen molar-refractivity contribution in [3.63, 3.8) is 0 Å². The molecule has 0 N–H and O–H groups in total. The third kappa shape index (κ3) is 3.97. The summed E-state index contributed by atoms with van der Waals surface area (Å²) >= 11 is 0. The van der Waals surface area contributed by atoms with Gasteiger partial charge in [0, 0.05) is 11.1 Å². The van der Waals surface area contributed by atoms with Gasteiger partial charge in [-0.3, -0.25) is 0 Å². The average molecular weight is 367 g/mol. The van der Waals surface area contributed by atoms with Gasteiger partial charge < -0.3 is 8.84 Å². The Balaban J connectivity index is 3.39. The van der Waals surface area contributed by atoms with E-state index in [1.54, 1.807) is 0 Å². The van der Waals surface area contributed by atoms with Crippen LogP contribution in [0.15, 0.2) is 17.3 Å². The predicted molar refractivity (Wildman–Crippen MR) is 112 cm³/mol. The molecule has 138 valence electrons. The second-order valence-corrected chi connectivity index (χ2v) is 20.0. The van der Waals surface area contributed by atoms with Crippen LogP contribution in [0.2, 0.25) is 36.3 Å². The maximum Gasteiger partial charge on any atom is 0.192 e. The van der Waals surface area contributed by atoms with Crippen molar-refractivity contribution in [3.05, 3.63) is 24.0 Å². The van der Waals surface area contributed by atoms with Gasteiger partial charge in [-0.05, 0) is 30.1 Å². The van der Waals surface area contributed by atoms with Gasteiger partial charge in [0.15, 0.2) is 8.32 Å². The standard InChI is InChI=1S/C20H38O2Si2/c1-13-16-14-21-18(23(9,10)19(3,4)5)17(16)15(2)22-24(11,12)20(6,7)8/h13-15H,1H2,2-12H3. The Labute approximate surface area is 151 Å². The van der Waals surface area contributed by atoms with Crippen molar-refractivity contribution in [1.82, 2.24) is 0 Å².